The minimum Gasteiger partial charge on any atom is -0.478 e. The molecule has 0 bridgehead atoms. The first-order valence-electron chi connectivity index (χ1n) is 6.18. The van der Waals surface area contributed by atoms with E-state index in [2.05, 4.69) is 10.3 Å². The van der Waals surface area contributed by atoms with Gasteiger partial charge < -0.3 is 16.2 Å². The van der Waals surface area contributed by atoms with Gasteiger partial charge in [-0.3, -0.25) is 4.79 Å². The van der Waals surface area contributed by atoms with Crippen LogP contribution in [-0.2, 0) is 4.79 Å². The van der Waals surface area contributed by atoms with Crippen LogP contribution in [0.2, 0.25) is 0 Å². The molecule has 1 heterocycles. The minimum absolute atomic E-state index is 0.114. The van der Waals surface area contributed by atoms with Gasteiger partial charge in [0, 0.05) is 11.3 Å². The van der Waals surface area contributed by atoms with Gasteiger partial charge in [-0.1, -0.05) is 6.07 Å². The zero-order chi connectivity index (χ0) is 15.0. The number of hydrogen-bond donors (Lipinski definition) is 3. The molecule has 0 fully saturated rings. The molecule has 0 atom stereocenters. The van der Waals surface area contributed by atoms with Crippen molar-refractivity contribution in [2.24, 2.45) is 4.99 Å². The Morgan fingerprint density at radius 3 is 2.76 bits per heavy atom. The van der Waals surface area contributed by atoms with E-state index in [0.29, 0.717) is 22.6 Å². The molecule has 1 aliphatic heterocycles. The highest BCUT2D eigenvalue weighted by Gasteiger charge is 2.26. The Hall–Kier alpha value is -3.15. The monoisotopic (exact) mass is 281 g/mol. The number of fused-ring (bicyclic) bond motifs is 1. The normalized spacial score (nSPS) is 14.9. The largest absolute Gasteiger partial charge is 0.478 e. The Morgan fingerprint density at radius 2 is 2.00 bits per heavy atom. The highest BCUT2D eigenvalue weighted by molar-refractivity contribution is 6.54. The molecule has 0 saturated heterocycles. The molecule has 3 rings (SSSR count). The molecule has 0 radical (unpaired) electrons. The van der Waals surface area contributed by atoms with Crippen molar-refractivity contribution in [1.29, 1.82) is 0 Å². The molecule has 2 aromatic carbocycles. The van der Waals surface area contributed by atoms with Crippen LogP contribution in [0.25, 0.3) is 0 Å². The van der Waals surface area contributed by atoms with Gasteiger partial charge in [-0.2, -0.15) is 0 Å². The second-order valence-electron chi connectivity index (χ2n) is 4.58. The first kappa shape index (κ1) is 12.9. The Balaban J connectivity index is 2.08. The van der Waals surface area contributed by atoms with Gasteiger partial charge in [0.15, 0.2) is 0 Å². The maximum atomic E-state index is 12.0. The van der Waals surface area contributed by atoms with Gasteiger partial charge >= 0.3 is 5.97 Å². The van der Waals surface area contributed by atoms with Crippen LogP contribution in [0.15, 0.2) is 47.5 Å². The summed E-state index contributed by atoms with van der Waals surface area (Å²) >= 11 is 0. The number of amides is 1. The summed E-state index contributed by atoms with van der Waals surface area (Å²) in [6.45, 7) is 0. The number of carbonyl (C=O) groups is 2. The number of benzene rings is 2. The lowest BCUT2D eigenvalue weighted by Crippen LogP contribution is -2.14. The minimum atomic E-state index is -1.04. The Morgan fingerprint density at radius 1 is 1.19 bits per heavy atom. The summed E-state index contributed by atoms with van der Waals surface area (Å²) in [6, 6.07) is 11.1. The average Bonchev–Trinajstić information content (AvgIpc) is 2.75. The van der Waals surface area contributed by atoms with Crippen LogP contribution in [0.5, 0.6) is 0 Å². The maximum absolute atomic E-state index is 12.0. The molecule has 1 amide bonds. The quantitative estimate of drug-likeness (QED) is 0.732. The van der Waals surface area contributed by atoms with Crippen LogP contribution in [0, 0.1) is 0 Å². The van der Waals surface area contributed by atoms with E-state index in [9.17, 15) is 9.59 Å². The second-order valence-corrected chi connectivity index (χ2v) is 4.58. The van der Waals surface area contributed by atoms with Crippen molar-refractivity contribution in [1.82, 2.24) is 0 Å². The molecule has 0 aromatic heterocycles. The third kappa shape index (κ3) is 2.34. The van der Waals surface area contributed by atoms with Gasteiger partial charge in [-0.25, -0.2) is 9.79 Å². The molecule has 0 spiro atoms. The Bertz CT molecular complexity index is 797. The van der Waals surface area contributed by atoms with Crippen molar-refractivity contribution in [2.45, 2.75) is 0 Å². The lowest BCUT2D eigenvalue weighted by atomic mass is 10.1. The summed E-state index contributed by atoms with van der Waals surface area (Å²) in [7, 11) is 0. The number of aliphatic imine (C=N–C) groups is 1. The average molecular weight is 281 g/mol. The fraction of sp³-hybridized carbons (Fsp3) is 0. The number of aromatic carboxylic acids is 1. The van der Waals surface area contributed by atoms with E-state index >= 15 is 0 Å². The summed E-state index contributed by atoms with van der Waals surface area (Å²) in [5.74, 6) is -1.38. The van der Waals surface area contributed by atoms with Gasteiger partial charge in [0.1, 0.15) is 5.71 Å². The summed E-state index contributed by atoms with van der Waals surface area (Å²) < 4.78 is 0. The van der Waals surface area contributed by atoms with Gasteiger partial charge in [-0.15, -0.1) is 0 Å². The van der Waals surface area contributed by atoms with Gasteiger partial charge in [0.05, 0.1) is 16.9 Å². The van der Waals surface area contributed by atoms with Crippen molar-refractivity contribution < 1.29 is 14.7 Å². The molecule has 4 N–H and O–H groups in total. The van der Waals surface area contributed by atoms with Crippen molar-refractivity contribution >= 4 is 34.7 Å². The predicted octanol–water partition coefficient (Wildman–Crippen LogP) is 2.04. The molecular formula is C15H11N3O3. The number of carboxylic acids is 1. The van der Waals surface area contributed by atoms with Crippen LogP contribution in [0.1, 0.15) is 15.9 Å². The zero-order valence-electron chi connectivity index (χ0n) is 10.8. The summed E-state index contributed by atoms with van der Waals surface area (Å²) in [6.07, 6.45) is 0. The predicted molar refractivity (Wildman–Crippen MR) is 79.1 cm³/mol. The molecule has 1 aliphatic rings. The van der Waals surface area contributed by atoms with E-state index in [-0.39, 0.29) is 17.2 Å². The molecule has 0 unspecified atom stereocenters. The first-order chi connectivity index (χ1) is 10.0. The molecule has 2 aromatic rings. The third-order valence-corrected chi connectivity index (χ3v) is 3.10. The van der Waals surface area contributed by atoms with Crippen LogP contribution in [-0.4, -0.2) is 22.7 Å². The van der Waals surface area contributed by atoms with Crippen molar-refractivity contribution in [3.05, 3.63) is 53.6 Å². The highest BCUT2D eigenvalue weighted by Crippen LogP contribution is 2.27. The van der Waals surface area contributed by atoms with E-state index in [1.165, 1.54) is 12.1 Å². The number of carboxylic acid groups (broad SMARTS) is 1. The highest BCUT2D eigenvalue weighted by atomic mass is 16.4. The Labute approximate surface area is 119 Å². The SMILES string of the molecule is Nc1ccc2c(c1)/C(=N/c1cccc(C(=O)O)c1)C(=O)N2. The summed E-state index contributed by atoms with van der Waals surface area (Å²) in [4.78, 5) is 27.2. The summed E-state index contributed by atoms with van der Waals surface area (Å²) in [5, 5.41) is 11.7. The molecule has 0 aliphatic carbocycles. The van der Waals surface area contributed by atoms with E-state index in [1.807, 2.05) is 0 Å². The van der Waals surface area contributed by atoms with E-state index in [1.54, 1.807) is 30.3 Å². The number of nitrogen functional groups attached to an aromatic ring is 1. The molecule has 21 heavy (non-hydrogen) atoms. The van der Waals surface area contributed by atoms with Crippen LogP contribution >= 0.6 is 0 Å². The van der Waals surface area contributed by atoms with Gasteiger partial charge in [0.25, 0.3) is 5.91 Å². The fourth-order valence-corrected chi connectivity index (χ4v) is 2.12. The molecule has 0 saturated carbocycles. The van der Waals surface area contributed by atoms with E-state index in [4.69, 9.17) is 10.8 Å². The molecule has 104 valence electrons. The number of carbonyl (C=O) groups excluding carboxylic acids is 1. The van der Waals surface area contributed by atoms with Crippen LogP contribution < -0.4 is 11.1 Å². The first-order valence-corrected chi connectivity index (χ1v) is 6.18. The van der Waals surface area contributed by atoms with Crippen LogP contribution in [0.3, 0.4) is 0 Å². The molecule has 6 heteroatoms. The number of hydrogen-bond acceptors (Lipinski definition) is 4. The van der Waals surface area contributed by atoms with Crippen LogP contribution in [0.4, 0.5) is 17.1 Å². The number of nitrogens with one attached hydrogen (secondary N) is 1. The van der Waals surface area contributed by atoms with Gasteiger partial charge in [0.2, 0.25) is 0 Å². The standard InChI is InChI=1S/C15H11N3O3/c16-9-4-5-12-11(7-9)13(14(19)18-12)17-10-3-1-2-8(6-10)15(20)21/h1-7H,16H2,(H,20,21)(H,17,18,19). The topological polar surface area (TPSA) is 105 Å². The maximum Gasteiger partial charge on any atom is 0.335 e. The lowest BCUT2D eigenvalue weighted by molar-refractivity contribution is -0.110. The number of nitrogens with two attached hydrogens (primary N) is 1. The smallest absolute Gasteiger partial charge is 0.335 e. The van der Waals surface area contributed by atoms with E-state index < -0.39 is 5.97 Å². The molecule has 6 nitrogen and oxygen atoms in total. The number of rotatable bonds is 2. The fourth-order valence-electron chi connectivity index (χ4n) is 2.12. The van der Waals surface area contributed by atoms with Crippen molar-refractivity contribution in [3.8, 4) is 0 Å². The summed E-state index contributed by atoms with van der Waals surface area (Å²) in [5.41, 5.74) is 8.24. The zero-order valence-corrected chi connectivity index (χ0v) is 10.8. The Kier molecular flexibility index (Phi) is 2.91. The molecular weight excluding hydrogens is 270 g/mol. The lowest BCUT2D eigenvalue weighted by Gasteiger charge is -2.00. The van der Waals surface area contributed by atoms with Gasteiger partial charge in [-0.05, 0) is 36.4 Å². The van der Waals surface area contributed by atoms with Crippen molar-refractivity contribution in [3.63, 3.8) is 0 Å². The second kappa shape index (κ2) is 4.75. The number of anilines is 2. The third-order valence-electron chi connectivity index (χ3n) is 3.10. The van der Waals surface area contributed by atoms with Crippen molar-refractivity contribution in [2.75, 3.05) is 11.1 Å². The van der Waals surface area contributed by atoms with E-state index in [0.717, 1.165) is 0 Å². The number of nitrogens with zero attached hydrogens (tertiary/aromatic N) is 1.